The SMILES string of the molecule is Fc1ccc(C=NNc2nc(-c3ccccc3)cs2)c(COCC2CCCCC2)c1. The molecular formula is C24H26FN3OS. The van der Waals surface area contributed by atoms with Crippen LogP contribution in [0.4, 0.5) is 9.52 Å². The Morgan fingerprint density at radius 2 is 1.97 bits per heavy atom. The predicted molar refractivity (Wildman–Crippen MR) is 121 cm³/mol. The third-order valence-electron chi connectivity index (χ3n) is 5.38. The Balaban J connectivity index is 1.35. The molecule has 1 saturated carbocycles. The second-order valence-corrected chi connectivity index (χ2v) is 8.49. The summed E-state index contributed by atoms with van der Waals surface area (Å²) in [7, 11) is 0. The number of anilines is 1. The Kier molecular flexibility index (Phi) is 7.21. The van der Waals surface area contributed by atoms with Crippen molar-refractivity contribution in [3.8, 4) is 11.3 Å². The van der Waals surface area contributed by atoms with E-state index in [9.17, 15) is 4.39 Å². The number of ether oxygens (including phenoxy) is 1. The summed E-state index contributed by atoms with van der Waals surface area (Å²) in [6.07, 6.45) is 8.09. The molecule has 6 heteroatoms. The zero-order valence-electron chi connectivity index (χ0n) is 16.9. The maximum Gasteiger partial charge on any atom is 0.203 e. The molecule has 1 heterocycles. The molecule has 156 valence electrons. The van der Waals surface area contributed by atoms with Crippen LogP contribution in [0.15, 0.2) is 59.0 Å². The minimum Gasteiger partial charge on any atom is -0.376 e. The van der Waals surface area contributed by atoms with Gasteiger partial charge in [0.2, 0.25) is 5.13 Å². The van der Waals surface area contributed by atoms with E-state index in [1.54, 1.807) is 12.3 Å². The molecule has 1 aromatic heterocycles. The van der Waals surface area contributed by atoms with Gasteiger partial charge in [0.05, 0.1) is 18.5 Å². The minimum atomic E-state index is -0.260. The highest BCUT2D eigenvalue weighted by Gasteiger charge is 2.14. The zero-order chi connectivity index (χ0) is 20.6. The number of nitrogens with one attached hydrogen (secondary N) is 1. The lowest BCUT2D eigenvalue weighted by Crippen LogP contribution is -2.13. The number of thiazole rings is 1. The van der Waals surface area contributed by atoms with Crippen molar-refractivity contribution >= 4 is 22.7 Å². The first-order valence-electron chi connectivity index (χ1n) is 10.4. The second kappa shape index (κ2) is 10.5. The fourth-order valence-electron chi connectivity index (χ4n) is 3.74. The van der Waals surface area contributed by atoms with Crippen molar-refractivity contribution in [2.45, 2.75) is 38.7 Å². The summed E-state index contributed by atoms with van der Waals surface area (Å²) in [6.45, 7) is 1.14. The largest absolute Gasteiger partial charge is 0.376 e. The van der Waals surface area contributed by atoms with E-state index in [2.05, 4.69) is 15.5 Å². The molecule has 0 radical (unpaired) electrons. The van der Waals surface area contributed by atoms with E-state index in [1.165, 1.54) is 55.6 Å². The van der Waals surface area contributed by atoms with E-state index < -0.39 is 0 Å². The molecular weight excluding hydrogens is 397 g/mol. The Morgan fingerprint density at radius 1 is 1.13 bits per heavy atom. The molecule has 3 aromatic rings. The van der Waals surface area contributed by atoms with Gasteiger partial charge < -0.3 is 4.74 Å². The Morgan fingerprint density at radius 3 is 2.80 bits per heavy atom. The molecule has 0 aliphatic heterocycles. The second-order valence-electron chi connectivity index (χ2n) is 7.64. The summed E-state index contributed by atoms with van der Waals surface area (Å²) < 4.78 is 19.7. The summed E-state index contributed by atoms with van der Waals surface area (Å²) in [6, 6.07) is 14.7. The summed E-state index contributed by atoms with van der Waals surface area (Å²) >= 11 is 1.50. The van der Waals surface area contributed by atoms with Gasteiger partial charge in [-0.15, -0.1) is 11.3 Å². The third kappa shape index (κ3) is 5.74. The number of halogens is 1. The predicted octanol–water partition coefficient (Wildman–Crippen LogP) is 6.49. The maximum atomic E-state index is 13.8. The van der Waals surface area contributed by atoms with Gasteiger partial charge in [0, 0.05) is 23.1 Å². The number of hydrazone groups is 1. The normalized spacial score (nSPS) is 15.0. The maximum absolute atomic E-state index is 13.8. The number of benzene rings is 2. The molecule has 30 heavy (non-hydrogen) atoms. The van der Waals surface area contributed by atoms with Crippen LogP contribution in [0.3, 0.4) is 0 Å². The lowest BCUT2D eigenvalue weighted by molar-refractivity contribution is 0.0737. The van der Waals surface area contributed by atoms with Gasteiger partial charge in [0.1, 0.15) is 5.82 Å². The van der Waals surface area contributed by atoms with Crippen molar-refractivity contribution in [1.29, 1.82) is 0 Å². The highest BCUT2D eigenvalue weighted by atomic mass is 32.1. The minimum absolute atomic E-state index is 0.260. The standard InChI is InChI=1S/C24H26FN3OS/c25-22-12-11-20(21(13-22)16-29-15-18-7-3-1-4-8-18)14-26-28-24-27-23(17-30-24)19-9-5-2-6-10-19/h2,5-6,9-14,17-18H,1,3-4,7-8,15-16H2,(H,27,28). The number of hydrogen-bond donors (Lipinski definition) is 1. The van der Waals surface area contributed by atoms with E-state index in [0.29, 0.717) is 17.7 Å². The molecule has 0 atom stereocenters. The van der Waals surface area contributed by atoms with E-state index in [0.717, 1.165) is 29.0 Å². The van der Waals surface area contributed by atoms with Gasteiger partial charge in [-0.05, 0) is 36.5 Å². The summed E-state index contributed by atoms with van der Waals surface area (Å²) in [5.41, 5.74) is 6.61. The van der Waals surface area contributed by atoms with Gasteiger partial charge in [-0.1, -0.05) is 55.7 Å². The first kappa shape index (κ1) is 20.7. The van der Waals surface area contributed by atoms with Crippen LogP contribution >= 0.6 is 11.3 Å². The first-order chi connectivity index (χ1) is 14.8. The van der Waals surface area contributed by atoms with E-state index >= 15 is 0 Å². The average molecular weight is 424 g/mol. The summed E-state index contributed by atoms with van der Waals surface area (Å²) in [4.78, 5) is 4.56. The van der Waals surface area contributed by atoms with Crippen LogP contribution in [-0.4, -0.2) is 17.8 Å². The molecule has 0 amide bonds. The zero-order valence-corrected chi connectivity index (χ0v) is 17.7. The van der Waals surface area contributed by atoms with Crippen molar-refractivity contribution < 1.29 is 9.13 Å². The molecule has 2 aromatic carbocycles. The lowest BCUT2D eigenvalue weighted by atomic mass is 9.90. The highest BCUT2D eigenvalue weighted by molar-refractivity contribution is 7.14. The van der Waals surface area contributed by atoms with E-state index in [4.69, 9.17) is 4.74 Å². The van der Waals surface area contributed by atoms with Crippen LogP contribution in [0.25, 0.3) is 11.3 Å². The summed E-state index contributed by atoms with van der Waals surface area (Å²) in [5.74, 6) is 0.374. The number of rotatable bonds is 8. The molecule has 1 aliphatic rings. The van der Waals surface area contributed by atoms with Crippen LogP contribution in [0.1, 0.15) is 43.2 Å². The molecule has 1 aliphatic carbocycles. The lowest BCUT2D eigenvalue weighted by Gasteiger charge is -2.21. The topological polar surface area (TPSA) is 46.5 Å². The number of hydrogen-bond acceptors (Lipinski definition) is 5. The van der Waals surface area contributed by atoms with Gasteiger partial charge in [-0.2, -0.15) is 5.10 Å². The van der Waals surface area contributed by atoms with Crippen molar-refractivity contribution in [2.75, 3.05) is 12.0 Å². The first-order valence-corrected chi connectivity index (χ1v) is 11.3. The summed E-state index contributed by atoms with van der Waals surface area (Å²) in [5, 5.41) is 7.01. The molecule has 0 spiro atoms. The van der Waals surface area contributed by atoms with Crippen LogP contribution < -0.4 is 5.43 Å². The van der Waals surface area contributed by atoms with Gasteiger partial charge in [0.15, 0.2) is 0 Å². The van der Waals surface area contributed by atoms with E-state index in [1.807, 2.05) is 35.7 Å². The number of aromatic nitrogens is 1. The van der Waals surface area contributed by atoms with Crippen LogP contribution in [-0.2, 0) is 11.3 Å². The number of nitrogens with zero attached hydrogens (tertiary/aromatic N) is 2. The monoisotopic (exact) mass is 423 g/mol. The Hall–Kier alpha value is -2.57. The van der Waals surface area contributed by atoms with Gasteiger partial charge in [0.25, 0.3) is 0 Å². The molecule has 0 saturated heterocycles. The highest BCUT2D eigenvalue weighted by Crippen LogP contribution is 2.25. The quantitative estimate of drug-likeness (QED) is 0.333. The Labute approximate surface area is 180 Å². The van der Waals surface area contributed by atoms with E-state index in [-0.39, 0.29) is 5.82 Å². The fourth-order valence-corrected chi connectivity index (χ4v) is 4.41. The van der Waals surface area contributed by atoms with Gasteiger partial charge in [-0.3, -0.25) is 5.43 Å². The average Bonchev–Trinajstić information content (AvgIpc) is 3.26. The van der Waals surface area contributed by atoms with Crippen molar-refractivity contribution in [3.63, 3.8) is 0 Å². The molecule has 0 bridgehead atoms. The third-order valence-corrected chi connectivity index (χ3v) is 6.13. The molecule has 1 fully saturated rings. The molecule has 4 nitrogen and oxygen atoms in total. The van der Waals surface area contributed by atoms with Crippen molar-refractivity contribution in [3.05, 3.63) is 70.9 Å². The van der Waals surface area contributed by atoms with Crippen LogP contribution in [0.2, 0.25) is 0 Å². The van der Waals surface area contributed by atoms with Crippen LogP contribution in [0, 0.1) is 11.7 Å². The van der Waals surface area contributed by atoms with Crippen LogP contribution in [0.5, 0.6) is 0 Å². The molecule has 1 N–H and O–H groups in total. The Bertz CT molecular complexity index is 968. The van der Waals surface area contributed by atoms with Crippen molar-refractivity contribution in [1.82, 2.24) is 4.98 Å². The smallest absolute Gasteiger partial charge is 0.203 e. The molecule has 0 unspecified atom stereocenters. The fraction of sp³-hybridized carbons (Fsp3) is 0.333. The molecule has 4 rings (SSSR count). The van der Waals surface area contributed by atoms with Gasteiger partial charge in [-0.25, -0.2) is 9.37 Å². The van der Waals surface area contributed by atoms with Gasteiger partial charge >= 0.3 is 0 Å². The van der Waals surface area contributed by atoms with Crippen molar-refractivity contribution in [2.24, 2.45) is 11.0 Å².